The summed E-state index contributed by atoms with van der Waals surface area (Å²) in [7, 11) is 0. The van der Waals surface area contributed by atoms with Crippen molar-refractivity contribution in [3.63, 3.8) is 0 Å². The van der Waals surface area contributed by atoms with Gasteiger partial charge in [0, 0.05) is 17.1 Å². The molecule has 25 heavy (non-hydrogen) atoms. The second-order valence-electron chi connectivity index (χ2n) is 5.45. The van der Waals surface area contributed by atoms with E-state index >= 15 is 0 Å². The molecule has 1 heterocycles. The Hall–Kier alpha value is -2.29. The number of benzene rings is 1. The van der Waals surface area contributed by atoms with Crippen molar-refractivity contribution in [1.29, 1.82) is 0 Å². The Morgan fingerprint density at radius 3 is 2.60 bits per heavy atom. The van der Waals surface area contributed by atoms with E-state index in [1.165, 1.54) is 18.2 Å². The molecule has 0 radical (unpaired) electrons. The zero-order valence-electron chi connectivity index (χ0n) is 13.1. The van der Waals surface area contributed by atoms with Gasteiger partial charge < -0.3 is 5.32 Å². The van der Waals surface area contributed by atoms with Crippen LogP contribution in [0.1, 0.15) is 30.1 Å². The van der Waals surface area contributed by atoms with Gasteiger partial charge in [-0.2, -0.15) is 13.2 Å². The first-order chi connectivity index (χ1) is 11.6. The lowest BCUT2D eigenvalue weighted by Crippen LogP contribution is -2.69. The van der Waals surface area contributed by atoms with Gasteiger partial charge in [-0.25, -0.2) is 4.79 Å². The molecule has 6 nitrogen and oxygen atoms in total. The van der Waals surface area contributed by atoms with E-state index in [1.54, 1.807) is 17.6 Å². The summed E-state index contributed by atoms with van der Waals surface area (Å²) in [5.41, 5.74) is -3.68. The van der Waals surface area contributed by atoms with E-state index in [9.17, 15) is 27.6 Å². The first-order valence-corrected chi connectivity index (χ1v) is 7.79. The molecule has 10 heteroatoms. The summed E-state index contributed by atoms with van der Waals surface area (Å²) in [5, 5.41) is 3.33. The lowest BCUT2D eigenvalue weighted by atomic mass is 10.1. The molecule has 0 aromatic heterocycles. The van der Waals surface area contributed by atoms with Gasteiger partial charge >= 0.3 is 12.2 Å². The van der Waals surface area contributed by atoms with E-state index in [-0.39, 0.29) is 17.1 Å². The van der Waals surface area contributed by atoms with Crippen LogP contribution >= 0.6 is 11.6 Å². The molecule has 1 aliphatic rings. The third-order valence-corrected chi connectivity index (χ3v) is 3.89. The summed E-state index contributed by atoms with van der Waals surface area (Å²) in [4.78, 5) is 36.8. The van der Waals surface area contributed by atoms with E-state index in [1.807, 2.05) is 0 Å². The number of imide groups is 1. The van der Waals surface area contributed by atoms with Crippen LogP contribution in [-0.2, 0) is 4.79 Å². The lowest BCUT2D eigenvalue weighted by molar-refractivity contribution is -0.200. The van der Waals surface area contributed by atoms with Crippen molar-refractivity contribution in [1.82, 2.24) is 15.5 Å². The number of carbonyl (C=O) groups is 3. The molecule has 1 fully saturated rings. The highest BCUT2D eigenvalue weighted by Gasteiger charge is 2.68. The topological polar surface area (TPSA) is 78.5 Å². The second kappa shape index (κ2) is 6.91. The average molecular weight is 378 g/mol. The van der Waals surface area contributed by atoms with Crippen molar-refractivity contribution in [2.45, 2.75) is 31.6 Å². The van der Waals surface area contributed by atoms with E-state index in [0.717, 1.165) is 6.07 Å². The molecular weight excluding hydrogens is 363 g/mol. The Labute approximate surface area is 146 Å². The first-order valence-electron chi connectivity index (χ1n) is 7.41. The van der Waals surface area contributed by atoms with Gasteiger partial charge in [0.05, 0.1) is 0 Å². The summed E-state index contributed by atoms with van der Waals surface area (Å²) in [6, 6.07) is 3.99. The highest BCUT2D eigenvalue weighted by atomic mass is 35.5. The molecule has 0 bridgehead atoms. The predicted octanol–water partition coefficient (Wildman–Crippen LogP) is 2.68. The predicted molar refractivity (Wildman–Crippen MR) is 82.9 cm³/mol. The molecule has 2 N–H and O–H groups in total. The van der Waals surface area contributed by atoms with Crippen LogP contribution in [0.25, 0.3) is 0 Å². The standard InChI is InChI=1S/C15H15ClF3N3O3/c1-2-3-7-22-12(24)14(15(17,18)19,21-13(22)25)20-11(23)9-5-4-6-10(16)8-9/h4-6,8H,2-3,7H2,1H3,(H,20,23)(H,21,25)/t14-/m1/s1. The summed E-state index contributed by atoms with van der Waals surface area (Å²) < 4.78 is 40.8. The van der Waals surface area contributed by atoms with E-state index in [4.69, 9.17) is 11.6 Å². The minimum absolute atomic E-state index is 0.139. The monoisotopic (exact) mass is 377 g/mol. The molecule has 0 spiro atoms. The molecule has 0 aliphatic carbocycles. The molecule has 0 saturated carbocycles. The number of alkyl halides is 3. The van der Waals surface area contributed by atoms with Gasteiger partial charge in [0.1, 0.15) is 0 Å². The van der Waals surface area contributed by atoms with Gasteiger partial charge in [0.25, 0.3) is 17.5 Å². The van der Waals surface area contributed by atoms with Crippen molar-refractivity contribution in [2.24, 2.45) is 0 Å². The minimum Gasteiger partial charge on any atom is -0.314 e. The normalized spacial score (nSPS) is 20.6. The number of hydrogen-bond acceptors (Lipinski definition) is 3. The quantitative estimate of drug-likeness (QED) is 0.774. The maximum atomic E-state index is 13.6. The molecule has 1 aromatic rings. The molecule has 1 saturated heterocycles. The Balaban J connectivity index is 2.35. The number of amides is 4. The number of nitrogens with one attached hydrogen (secondary N) is 2. The summed E-state index contributed by atoms with van der Waals surface area (Å²) in [6.07, 6.45) is -4.31. The molecule has 2 rings (SSSR count). The van der Waals surface area contributed by atoms with Crippen LogP contribution in [0, 0.1) is 0 Å². The van der Waals surface area contributed by atoms with Crippen LogP contribution in [0.5, 0.6) is 0 Å². The van der Waals surface area contributed by atoms with Gasteiger partial charge in [-0.15, -0.1) is 0 Å². The molecular formula is C15H15ClF3N3O3. The number of hydrogen-bond donors (Lipinski definition) is 2. The van der Waals surface area contributed by atoms with Gasteiger partial charge in [0.15, 0.2) is 0 Å². The van der Waals surface area contributed by atoms with Crippen LogP contribution in [0.15, 0.2) is 24.3 Å². The molecule has 136 valence electrons. The Morgan fingerprint density at radius 2 is 2.04 bits per heavy atom. The Morgan fingerprint density at radius 1 is 1.36 bits per heavy atom. The van der Waals surface area contributed by atoms with Crippen LogP contribution in [0.3, 0.4) is 0 Å². The molecule has 0 unspecified atom stereocenters. The van der Waals surface area contributed by atoms with Crippen molar-refractivity contribution >= 4 is 29.4 Å². The molecule has 1 aromatic carbocycles. The highest BCUT2D eigenvalue weighted by Crippen LogP contribution is 2.34. The number of unbranched alkanes of at least 4 members (excludes halogenated alkanes) is 1. The Bertz CT molecular complexity index is 711. The minimum atomic E-state index is -5.23. The molecule has 1 aliphatic heterocycles. The first kappa shape index (κ1) is 19.0. The number of urea groups is 1. The van der Waals surface area contributed by atoms with Gasteiger partial charge in [-0.05, 0) is 24.6 Å². The fourth-order valence-corrected chi connectivity index (χ4v) is 2.51. The van der Waals surface area contributed by atoms with E-state index < -0.39 is 29.7 Å². The summed E-state index contributed by atoms with van der Waals surface area (Å²) >= 11 is 5.72. The number of rotatable bonds is 5. The maximum absolute atomic E-state index is 13.6. The average Bonchev–Trinajstić information content (AvgIpc) is 2.76. The fourth-order valence-electron chi connectivity index (χ4n) is 2.32. The molecule has 4 amide bonds. The third-order valence-electron chi connectivity index (χ3n) is 3.65. The summed E-state index contributed by atoms with van der Waals surface area (Å²) in [6.45, 7) is 1.59. The van der Waals surface area contributed by atoms with Crippen molar-refractivity contribution in [3.05, 3.63) is 34.9 Å². The van der Waals surface area contributed by atoms with Gasteiger partial charge in [-0.3, -0.25) is 19.8 Å². The number of halogens is 4. The smallest absolute Gasteiger partial charge is 0.314 e. The van der Waals surface area contributed by atoms with E-state index in [0.29, 0.717) is 17.7 Å². The maximum Gasteiger partial charge on any atom is 0.440 e. The fraction of sp³-hybridized carbons (Fsp3) is 0.400. The van der Waals surface area contributed by atoms with Crippen LogP contribution < -0.4 is 10.6 Å². The van der Waals surface area contributed by atoms with Crippen LogP contribution in [-0.4, -0.2) is 41.1 Å². The number of carbonyl (C=O) groups excluding carboxylic acids is 3. The van der Waals surface area contributed by atoms with Gasteiger partial charge in [0.2, 0.25) is 0 Å². The second-order valence-corrected chi connectivity index (χ2v) is 5.89. The molecule has 1 atom stereocenters. The number of nitrogens with zero attached hydrogens (tertiary/aromatic N) is 1. The van der Waals surface area contributed by atoms with Crippen LogP contribution in [0.4, 0.5) is 18.0 Å². The Kier molecular flexibility index (Phi) is 5.26. The zero-order chi connectivity index (χ0) is 18.8. The van der Waals surface area contributed by atoms with Crippen LogP contribution in [0.2, 0.25) is 5.02 Å². The third kappa shape index (κ3) is 3.55. The zero-order valence-corrected chi connectivity index (χ0v) is 13.9. The van der Waals surface area contributed by atoms with Crippen molar-refractivity contribution in [3.8, 4) is 0 Å². The van der Waals surface area contributed by atoms with Gasteiger partial charge in [-0.1, -0.05) is 31.0 Å². The van der Waals surface area contributed by atoms with Crippen molar-refractivity contribution in [2.75, 3.05) is 6.54 Å². The highest BCUT2D eigenvalue weighted by molar-refractivity contribution is 6.31. The van der Waals surface area contributed by atoms with Crippen molar-refractivity contribution < 1.29 is 27.6 Å². The van der Waals surface area contributed by atoms with E-state index in [2.05, 4.69) is 0 Å². The largest absolute Gasteiger partial charge is 0.440 e. The lowest BCUT2D eigenvalue weighted by Gasteiger charge is -2.29. The SMILES string of the molecule is CCCCN1C(=O)N[C@@](NC(=O)c2cccc(Cl)c2)(C(F)(F)F)C1=O. The summed E-state index contributed by atoms with van der Waals surface area (Å²) in [5.74, 6) is -2.75.